The van der Waals surface area contributed by atoms with Crippen molar-refractivity contribution in [2.75, 3.05) is 13.1 Å². The van der Waals surface area contributed by atoms with Gasteiger partial charge in [-0.2, -0.15) is 0 Å². The number of hydrogen-bond donors (Lipinski definition) is 2. The van der Waals surface area contributed by atoms with Crippen LogP contribution >= 0.6 is 0 Å². The summed E-state index contributed by atoms with van der Waals surface area (Å²) in [5.41, 5.74) is 0.252. The highest BCUT2D eigenvalue weighted by atomic mass is 19.1. The molecule has 1 amide bonds. The molecule has 2 N–H and O–H groups in total. The number of halogens is 2. The standard InChI is InChI=1S/C11H12F2N2O/c12-7-1-2-9(13)8(5-7)10-6-15-11(16)3-4-14-10/h1-2,5,10,14H,3-4,6H2,(H,15,16). The third kappa shape index (κ3) is 2.36. The lowest BCUT2D eigenvalue weighted by Crippen LogP contribution is -2.29. The Morgan fingerprint density at radius 1 is 1.31 bits per heavy atom. The van der Waals surface area contributed by atoms with Gasteiger partial charge < -0.3 is 10.6 Å². The van der Waals surface area contributed by atoms with Gasteiger partial charge in [0.2, 0.25) is 5.91 Å². The van der Waals surface area contributed by atoms with E-state index in [-0.39, 0.29) is 24.1 Å². The fourth-order valence-corrected chi connectivity index (χ4v) is 1.74. The van der Waals surface area contributed by atoms with E-state index >= 15 is 0 Å². The van der Waals surface area contributed by atoms with Crippen molar-refractivity contribution in [2.45, 2.75) is 12.5 Å². The van der Waals surface area contributed by atoms with Gasteiger partial charge in [-0.25, -0.2) is 8.78 Å². The summed E-state index contributed by atoms with van der Waals surface area (Å²) in [5.74, 6) is -1.02. The zero-order chi connectivity index (χ0) is 11.5. The van der Waals surface area contributed by atoms with Gasteiger partial charge in [0.05, 0.1) is 6.04 Å². The minimum absolute atomic E-state index is 0.0770. The van der Waals surface area contributed by atoms with E-state index in [1.165, 1.54) is 0 Å². The largest absolute Gasteiger partial charge is 0.354 e. The first-order valence-corrected chi connectivity index (χ1v) is 5.12. The van der Waals surface area contributed by atoms with Crippen molar-refractivity contribution in [1.82, 2.24) is 10.6 Å². The lowest BCUT2D eigenvalue weighted by molar-refractivity contribution is -0.120. The van der Waals surface area contributed by atoms with E-state index in [1.807, 2.05) is 0 Å². The number of benzene rings is 1. The molecule has 0 aromatic heterocycles. The molecule has 1 heterocycles. The summed E-state index contributed by atoms with van der Waals surface area (Å²) in [6.07, 6.45) is 0.355. The van der Waals surface area contributed by atoms with Crippen LogP contribution in [0, 0.1) is 11.6 Å². The molecule has 0 bridgehead atoms. The number of nitrogens with one attached hydrogen (secondary N) is 2. The van der Waals surface area contributed by atoms with Gasteiger partial charge in [0.15, 0.2) is 0 Å². The number of hydrogen-bond acceptors (Lipinski definition) is 2. The molecule has 1 aromatic rings. The second-order valence-corrected chi connectivity index (χ2v) is 3.73. The molecule has 1 saturated heterocycles. The third-order valence-corrected chi connectivity index (χ3v) is 2.58. The Kier molecular flexibility index (Phi) is 3.14. The second kappa shape index (κ2) is 4.57. The quantitative estimate of drug-likeness (QED) is 0.753. The molecule has 0 saturated carbocycles. The first-order valence-electron chi connectivity index (χ1n) is 5.12. The van der Waals surface area contributed by atoms with E-state index < -0.39 is 11.6 Å². The van der Waals surface area contributed by atoms with Gasteiger partial charge in [-0.05, 0) is 18.2 Å². The van der Waals surface area contributed by atoms with Crippen molar-refractivity contribution in [2.24, 2.45) is 0 Å². The van der Waals surface area contributed by atoms with Gasteiger partial charge in [0.1, 0.15) is 11.6 Å². The molecule has 1 atom stereocenters. The molecule has 5 heteroatoms. The van der Waals surface area contributed by atoms with E-state index in [0.29, 0.717) is 13.0 Å². The zero-order valence-electron chi connectivity index (χ0n) is 8.59. The second-order valence-electron chi connectivity index (χ2n) is 3.73. The fourth-order valence-electron chi connectivity index (χ4n) is 1.74. The van der Waals surface area contributed by atoms with E-state index in [4.69, 9.17) is 0 Å². The first kappa shape index (κ1) is 11.0. The first-order chi connectivity index (χ1) is 7.66. The van der Waals surface area contributed by atoms with Crippen LogP contribution in [-0.2, 0) is 4.79 Å². The van der Waals surface area contributed by atoms with Crippen LogP contribution in [0.2, 0.25) is 0 Å². The SMILES string of the molecule is O=C1CCNC(c2cc(F)ccc2F)CN1. The number of carbonyl (C=O) groups excluding carboxylic acids is 1. The van der Waals surface area contributed by atoms with E-state index in [2.05, 4.69) is 10.6 Å². The summed E-state index contributed by atoms with van der Waals surface area (Å²) in [5, 5.41) is 5.66. The predicted molar refractivity (Wildman–Crippen MR) is 54.7 cm³/mol. The van der Waals surface area contributed by atoms with Crippen LogP contribution in [0.4, 0.5) is 8.78 Å². The van der Waals surface area contributed by atoms with Gasteiger partial charge in [-0.1, -0.05) is 0 Å². The minimum Gasteiger partial charge on any atom is -0.354 e. The van der Waals surface area contributed by atoms with Crippen LogP contribution in [0.25, 0.3) is 0 Å². The molecule has 1 aliphatic rings. The molecule has 16 heavy (non-hydrogen) atoms. The third-order valence-electron chi connectivity index (χ3n) is 2.58. The maximum atomic E-state index is 13.5. The molecule has 0 radical (unpaired) electrons. The number of carbonyl (C=O) groups is 1. The maximum absolute atomic E-state index is 13.5. The van der Waals surface area contributed by atoms with Crippen LogP contribution in [0.5, 0.6) is 0 Å². The van der Waals surface area contributed by atoms with E-state index in [1.54, 1.807) is 0 Å². The monoisotopic (exact) mass is 226 g/mol. The summed E-state index contributed by atoms with van der Waals surface area (Å²) < 4.78 is 26.5. The van der Waals surface area contributed by atoms with E-state index in [0.717, 1.165) is 18.2 Å². The molecular formula is C11H12F2N2O. The van der Waals surface area contributed by atoms with Crippen LogP contribution in [0.3, 0.4) is 0 Å². The van der Waals surface area contributed by atoms with E-state index in [9.17, 15) is 13.6 Å². The molecule has 1 aromatic carbocycles. The molecular weight excluding hydrogens is 214 g/mol. The molecule has 1 unspecified atom stereocenters. The van der Waals surface area contributed by atoms with Gasteiger partial charge >= 0.3 is 0 Å². The smallest absolute Gasteiger partial charge is 0.221 e. The van der Waals surface area contributed by atoms with Crippen LogP contribution in [0.15, 0.2) is 18.2 Å². The van der Waals surface area contributed by atoms with Crippen LogP contribution in [0.1, 0.15) is 18.0 Å². The van der Waals surface area contributed by atoms with Crippen molar-refractivity contribution in [3.8, 4) is 0 Å². The minimum atomic E-state index is -0.478. The van der Waals surface area contributed by atoms with Crippen LogP contribution < -0.4 is 10.6 Å². The molecule has 1 fully saturated rings. The molecule has 1 aliphatic heterocycles. The Hall–Kier alpha value is -1.49. The Labute approximate surface area is 91.8 Å². The summed E-state index contributed by atoms with van der Waals surface area (Å²) in [6.45, 7) is 0.742. The summed E-state index contributed by atoms with van der Waals surface area (Å²) in [6, 6.07) is 2.96. The summed E-state index contributed by atoms with van der Waals surface area (Å²) >= 11 is 0. The maximum Gasteiger partial charge on any atom is 0.221 e. The van der Waals surface area contributed by atoms with Crippen molar-refractivity contribution >= 4 is 5.91 Å². The number of amides is 1. The lowest BCUT2D eigenvalue weighted by Gasteiger charge is -2.16. The summed E-state index contributed by atoms with van der Waals surface area (Å²) in [7, 11) is 0. The Morgan fingerprint density at radius 2 is 2.12 bits per heavy atom. The molecule has 3 nitrogen and oxygen atoms in total. The highest BCUT2D eigenvalue weighted by molar-refractivity contribution is 5.76. The van der Waals surface area contributed by atoms with Crippen LogP contribution in [-0.4, -0.2) is 19.0 Å². The van der Waals surface area contributed by atoms with Crippen molar-refractivity contribution in [1.29, 1.82) is 0 Å². The van der Waals surface area contributed by atoms with Gasteiger partial charge in [-0.15, -0.1) is 0 Å². The molecule has 0 aliphatic carbocycles. The average molecular weight is 226 g/mol. The van der Waals surface area contributed by atoms with Gasteiger partial charge in [-0.3, -0.25) is 4.79 Å². The molecule has 0 spiro atoms. The van der Waals surface area contributed by atoms with Crippen molar-refractivity contribution < 1.29 is 13.6 Å². The number of rotatable bonds is 1. The average Bonchev–Trinajstić information content (AvgIpc) is 2.47. The summed E-state index contributed by atoms with van der Waals surface area (Å²) in [4.78, 5) is 11.1. The topological polar surface area (TPSA) is 41.1 Å². The highest BCUT2D eigenvalue weighted by Crippen LogP contribution is 2.18. The van der Waals surface area contributed by atoms with Gasteiger partial charge in [0.25, 0.3) is 0 Å². The normalized spacial score (nSPS) is 21.4. The Morgan fingerprint density at radius 3 is 2.94 bits per heavy atom. The Bertz CT molecular complexity index is 409. The molecule has 86 valence electrons. The lowest BCUT2D eigenvalue weighted by atomic mass is 10.1. The zero-order valence-corrected chi connectivity index (χ0v) is 8.59. The Balaban J connectivity index is 2.22. The highest BCUT2D eigenvalue weighted by Gasteiger charge is 2.19. The fraction of sp³-hybridized carbons (Fsp3) is 0.364. The molecule has 2 rings (SSSR count). The van der Waals surface area contributed by atoms with Crippen molar-refractivity contribution in [3.63, 3.8) is 0 Å². The predicted octanol–water partition coefficient (Wildman–Crippen LogP) is 1.12. The van der Waals surface area contributed by atoms with Crippen molar-refractivity contribution in [3.05, 3.63) is 35.4 Å². The van der Waals surface area contributed by atoms with Gasteiger partial charge in [0, 0.05) is 25.1 Å².